The van der Waals surface area contributed by atoms with Gasteiger partial charge in [0.05, 0.1) is 28.3 Å². The average molecular weight is 255 g/mol. The fourth-order valence-electron chi connectivity index (χ4n) is 1.50. The van der Waals surface area contributed by atoms with E-state index in [2.05, 4.69) is 24.9 Å². The van der Waals surface area contributed by atoms with Gasteiger partial charge in [0, 0.05) is 12.4 Å². The molecule has 0 spiro atoms. The summed E-state index contributed by atoms with van der Waals surface area (Å²) in [5.74, 6) is 0. The van der Waals surface area contributed by atoms with Crippen LogP contribution in [0.2, 0.25) is 0 Å². The Hall–Kier alpha value is -2.34. The Balaban J connectivity index is 0.000000111. The van der Waals surface area contributed by atoms with Gasteiger partial charge in [-0.25, -0.2) is 19.9 Å². The maximum atomic E-state index is 4.10. The number of pyridine rings is 1. The van der Waals surface area contributed by atoms with Gasteiger partial charge < -0.3 is 4.98 Å². The van der Waals surface area contributed by atoms with E-state index in [9.17, 15) is 0 Å². The zero-order chi connectivity index (χ0) is 12.2. The van der Waals surface area contributed by atoms with Crippen LogP contribution >= 0.6 is 11.3 Å². The standard InChI is InChI=1S/C6H5N3.C6H4N2S/c1-2-8-6-3-7-4-9-5(1)6;1-2-5-6(7-3-1)9-4-8-5/h1-4,8H;1-4H. The van der Waals surface area contributed by atoms with Crippen molar-refractivity contribution < 1.29 is 0 Å². The fraction of sp³-hybridized carbons (Fsp3) is 0. The number of aromatic amines is 1. The summed E-state index contributed by atoms with van der Waals surface area (Å²) in [6.45, 7) is 0. The Morgan fingerprint density at radius 3 is 2.94 bits per heavy atom. The quantitative estimate of drug-likeness (QED) is 0.524. The number of thiazole rings is 1. The number of nitrogens with one attached hydrogen (secondary N) is 1. The molecule has 4 aromatic heterocycles. The van der Waals surface area contributed by atoms with E-state index < -0.39 is 0 Å². The lowest BCUT2D eigenvalue weighted by molar-refractivity contribution is 1.22. The zero-order valence-electron chi connectivity index (χ0n) is 9.32. The van der Waals surface area contributed by atoms with Gasteiger partial charge in [-0.3, -0.25) is 0 Å². The maximum absolute atomic E-state index is 4.10. The van der Waals surface area contributed by atoms with Gasteiger partial charge in [-0.2, -0.15) is 0 Å². The molecule has 0 atom stereocenters. The molecule has 0 saturated heterocycles. The third-order valence-corrected chi connectivity index (χ3v) is 3.08. The first-order chi connectivity index (χ1) is 8.93. The first kappa shape index (κ1) is 10.8. The second-order valence-corrected chi connectivity index (χ2v) is 4.31. The molecule has 1 N–H and O–H groups in total. The maximum Gasteiger partial charge on any atom is 0.143 e. The summed E-state index contributed by atoms with van der Waals surface area (Å²) in [5.41, 5.74) is 4.74. The molecular weight excluding hydrogens is 246 g/mol. The highest BCUT2D eigenvalue weighted by Crippen LogP contribution is 2.12. The van der Waals surface area contributed by atoms with E-state index in [1.807, 2.05) is 24.4 Å². The Labute approximate surface area is 107 Å². The number of aromatic nitrogens is 5. The normalized spacial score (nSPS) is 10.2. The Bertz CT molecular complexity index is 634. The van der Waals surface area contributed by atoms with Crippen molar-refractivity contribution in [1.29, 1.82) is 0 Å². The van der Waals surface area contributed by atoms with E-state index in [0.717, 1.165) is 21.4 Å². The first-order valence-corrected chi connectivity index (χ1v) is 6.19. The van der Waals surface area contributed by atoms with Gasteiger partial charge in [0.15, 0.2) is 0 Å². The summed E-state index contributed by atoms with van der Waals surface area (Å²) < 4.78 is 0. The van der Waals surface area contributed by atoms with Crippen molar-refractivity contribution in [2.75, 3.05) is 0 Å². The van der Waals surface area contributed by atoms with E-state index in [-0.39, 0.29) is 0 Å². The largest absolute Gasteiger partial charge is 0.359 e. The molecule has 5 nitrogen and oxygen atoms in total. The second kappa shape index (κ2) is 4.89. The van der Waals surface area contributed by atoms with Crippen molar-refractivity contribution in [2.24, 2.45) is 0 Å². The van der Waals surface area contributed by atoms with Crippen LogP contribution in [0.15, 0.2) is 48.6 Å². The molecule has 0 radical (unpaired) electrons. The third-order valence-electron chi connectivity index (χ3n) is 2.33. The van der Waals surface area contributed by atoms with Gasteiger partial charge in [-0.05, 0) is 18.2 Å². The lowest BCUT2D eigenvalue weighted by Gasteiger charge is -1.82. The summed E-state index contributed by atoms with van der Waals surface area (Å²) >= 11 is 1.57. The molecule has 0 unspecified atom stereocenters. The van der Waals surface area contributed by atoms with Gasteiger partial charge in [-0.15, -0.1) is 11.3 Å². The Morgan fingerprint density at radius 2 is 2.06 bits per heavy atom. The highest BCUT2D eigenvalue weighted by Gasteiger charge is 1.91. The van der Waals surface area contributed by atoms with Crippen LogP contribution in [0, 0.1) is 0 Å². The minimum atomic E-state index is 0.963. The molecule has 0 aliphatic heterocycles. The number of rotatable bonds is 0. The van der Waals surface area contributed by atoms with E-state index in [1.165, 1.54) is 6.33 Å². The van der Waals surface area contributed by atoms with Crippen LogP contribution in [-0.4, -0.2) is 24.9 Å². The van der Waals surface area contributed by atoms with Crippen LogP contribution in [0.4, 0.5) is 0 Å². The van der Waals surface area contributed by atoms with Crippen LogP contribution in [-0.2, 0) is 0 Å². The van der Waals surface area contributed by atoms with Crippen molar-refractivity contribution in [1.82, 2.24) is 24.9 Å². The van der Waals surface area contributed by atoms with Crippen molar-refractivity contribution in [2.45, 2.75) is 0 Å². The zero-order valence-corrected chi connectivity index (χ0v) is 10.1. The molecule has 0 bridgehead atoms. The minimum Gasteiger partial charge on any atom is -0.359 e. The third kappa shape index (κ3) is 2.18. The predicted molar refractivity (Wildman–Crippen MR) is 71.3 cm³/mol. The molecule has 4 rings (SSSR count). The van der Waals surface area contributed by atoms with Gasteiger partial charge in [-0.1, -0.05) is 0 Å². The molecule has 4 heterocycles. The van der Waals surface area contributed by atoms with E-state index in [1.54, 1.807) is 29.2 Å². The highest BCUT2D eigenvalue weighted by atomic mass is 32.1. The summed E-state index contributed by atoms with van der Waals surface area (Å²) in [6, 6.07) is 5.76. The average Bonchev–Trinajstić information content (AvgIpc) is 3.08. The smallest absolute Gasteiger partial charge is 0.143 e. The molecular formula is C12H9N5S. The molecule has 0 aromatic carbocycles. The Kier molecular flexibility index (Phi) is 2.93. The molecule has 4 aromatic rings. The van der Waals surface area contributed by atoms with E-state index in [4.69, 9.17) is 0 Å². The summed E-state index contributed by atoms with van der Waals surface area (Å²) in [5, 5.41) is 0. The van der Waals surface area contributed by atoms with Crippen LogP contribution in [0.1, 0.15) is 0 Å². The number of hydrogen-bond acceptors (Lipinski definition) is 5. The van der Waals surface area contributed by atoms with E-state index >= 15 is 0 Å². The summed E-state index contributed by atoms with van der Waals surface area (Å²) in [6.07, 6.45) is 6.92. The molecule has 0 amide bonds. The van der Waals surface area contributed by atoms with Crippen LogP contribution in [0.3, 0.4) is 0 Å². The predicted octanol–water partition coefficient (Wildman–Crippen LogP) is 2.65. The van der Waals surface area contributed by atoms with Gasteiger partial charge in [0.2, 0.25) is 0 Å². The molecule has 0 aliphatic carbocycles. The topological polar surface area (TPSA) is 67.3 Å². The van der Waals surface area contributed by atoms with E-state index in [0.29, 0.717) is 0 Å². The van der Waals surface area contributed by atoms with Crippen molar-refractivity contribution >= 4 is 32.7 Å². The SMILES string of the molecule is c1cnc2scnc2c1.c1ncc2[nH]ccc2n1. The number of nitrogens with zero attached hydrogens (tertiary/aromatic N) is 4. The Morgan fingerprint density at radius 1 is 1.06 bits per heavy atom. The van der Waals surface area contributed by atoms with Crippen molar-refractivity contribution in [3.05, 3.63) is 48.6 Å². The first-order valence-electron chi connectivity index (χ1n) is 5.31. The molecule has 0 aliphatic rings. The highest BCUT2D eigenvalue weighted by molar-refractivity contribution is 7.16. The molecule has 88 valence electrons. The number of fused-ring (bicyclic) bond motifs is 2. The molecule has 0 saturated carbocycles. The van der Waals surface area contributed by atoms with Gasteiger partial charge in [0.1, 0.15) is 11.2 Å². The number of H-pyrrole nitrogens is 1. The van der Waals surface area contributed by atoms with Crippen LogP contribution < -0.4 is 0 Å². The van der Waals surface area contributed by atoms with Gasteiger partial charge >= 0.3 is 0 Å². The van der Waals surface area contributed by atoms with Crippen LogP contribution in [0.5, 0.6) is 0 Å². The molecule has 18 heavy (non-hydrogen) atoms. The van der Waals surface area contributed by atoms with Crippen LogP contribution in [0.25, 0.3) is 21.4 Å². The second-order valence-electron chi connectivity index (χ2n) is 3.48. The van der Waals surface area contributed by atoms with Crippen molar-refractivity contribution in [3.63, 3.8) is 0 Å². The monoisotopic (exact) mass is 255 g/mol. The fourth-order valence-corrected chi connectivity index (χ4v) is 2.13. The number of hydrogen-bond donors (Lipinski definition) is 1. The lowest BCUT2D eigenvalue weighted by Crippen LogP contribution is -1.74. The molecule has 0 fully saturated rings. The molecule has 6 heteroatoms. The minimum absolute atomic E-state index is 0.963. The lowest BCUT2D eigenvalue weighted by atomic mass is 10.5. The summed E-state index contributed by atoms with van der Waals surface area (Å²) in [4.78, 5) is 20.0. The van der Waals surface area contributed by atoms with Crippen molar-refractivity contribution in [3.8, 4) is 0 Å². The van der Waals surface area contributed by atoms with Gasteiger partial charge in [0.25, 0.3) is 0 Å². The summed E-state index contributed by atoms with van der Waals surface area (Å²) in [7, 11) is 0.